The SMILES string of the molecule is CCS(=O)(=O)c1cnc(Nc2nn(C(=O)OC(C)(C)C)c3cc([C@@H]4C[C@@]45C(=O)N(C(=O)O)c4ccc(OC)cc45)ccc23)c(OC)c1. The normalized spacial score (nSPS) is 18.7. The van der Waals surface area contributed by atoms with Crippen molar-refractivity contribution in [2.24, 2.45) is 0 Å². The number of hydrogen-bond acceptors (Lipinski definition) is 11. The van der Waals surface area contributed by atoms with E-state index in [9.17, 15) is 27.9 Å². The van der Waals surface area contributed by atoms with Gasteiger partial charge in [0, 0.05) is 23.6 Å². The predicted molar refractivity (Wildman–Crippen MR) is 171 cm³/mol. The van der Waals surface area contributed by atoms with E-state index in [1.807, 2.05) is 0 Å². The number of nitrogens with zero attached hydrogens (tertiary/aromatic N) is 4. The molecule has 1 spiro atoms. The first-order valence-corrected chi connectivity index (χ1v) is 16.4. The van der Waals surface area contributed by atoms with Gasteiger partial charge in [0.05, 0.1) is 41.5 Å². The number of nitrogens with one attached hydrogen (secondary N) is 1. The molecule has 0 unspecified atom stereocenters. The molecule has 246 valence electrons. The average molecular weight is 664 g/mol. The summed E-state index contributed by atoms with van der Waals surface area (Å²) in [6.07, 6.45) is -0.567. The number of carbonyl (C=O) groups is 3. The van der Waals surface area contributed by atoms with Gasteiger partial charge in [-0.05, 0) is 68.7 Å². The number of amides is 2. The van der Waals surface area contributed by atoms with E-state index in [4.69, 9.17) is 14.2 Å². The van der Waals surface area contributed by atoms with Crippen molar-refractivity contribution in [1.29, 1.82) is 0 Å². The number of carbonyl (C=O) groups excluding carboxylic acids is 2. The zero-order chi connectivity index (χ0) is 34.1. The molecule has 3 heterocycles. The lowest BCUT2D eigenvalue weighted by atomic mass is 9.91. The van der Waals surface area contributed by atoms with E-state index in [-0.39, 0.29) is 33.7 Å². The summed E-state index contributed by atoms with van der Waals surface area (Å²) in [4.78, 5) is 44.3. The molecule has 1 aliphatic heterocycles. The van der Waals surface area contributed by atoms with Gasteiger partial charge in [-0.15, -0.1) is 5.10 Å². The second-order valence-electron chi connectivity index (χ2n) is 12.3. The summed E-state index contributed by atoms with van der Waals surface area (Å²) in [7, 11) is -0.676. The number of rotatable bonds is 7. The number of ether oxygens (including phenoxy) is 3. The highest BCUT2D eigenvalue weighted by molar-refractivity contribution is 7.91. The molecule has 14 nitrogen and oxygen atoms in total. The third kappa shape index (κ3) is 5.19. The van der Waals surface area contributed by atoms with E-state index in [0.717, 1.165) is 9.58 Å². The average Bonchev–Trinajstić information content (AvgIpc) is 3.61. The van der Waals surface area contributed by atoms with E-state index in [1.165, 1.54) is 33.4 Å². The lowest BCUT2D eigenvalue weighted by Gasteiger charge is -2.19. The van der Waals surface area contributed by atoms with Crippen LogP contribution in [0.25, 0.3) is 10.9 Å². The number of imide groups is 1. The Morgan fingerprint density at radius 2 is 1.83 bits per heavy atom. The Morgan fingerprint density at radius 3 is 2.47 bits per heavy atom. The number of carboxylic acid groups (broad SMARTS) is 1. The van der Waals surface area contributed by atoms with Crippen molar-refractivity contribution in [1.82, 2.24) is 14.8 Å². The highest BCUT2D eigenvalue weighted by Gasteiger charge is 2.68. The van der Waals surface area contributed by atoms with Crippen LogP contribution in [0.5, 0.6) is 11.5 Å². The molecular weight excluding hydrogens is 630 g/mol. The summed E-state index contributed by atoms with van der Waals surface area (Å²) >= 11 is 0. The van der Waals surface area contributed by atoms with Crippen LogP contribution in [0.15, 0.2) is 53.6 Å². The van der Waals surface area contributed by atoms with Gasteiger partial charge < -0.3 is 24.6 Å². The molecule has 2 aromatic heterocycles. The molecule has 2 aliphatic rings. The Kier molecular flexibility index (Phi) is 7.42. The number of fused-ring (bicyclic) bond motifs is 3. The third-order valence-corrected chi connectivity index (χ3v) is 10.1. The van der Waals surface area contributed by atoms with Crippen molar-refractivity contribution in [2.75, 3.05) is 30.2 Å². The number of aromatic nitrogens is 3. The maximum absolute atomic E-state index is 13.7. The van der Waals surface area contributed by atoms with E-state index in [0.29, 0.717) is 34.2 Å². The summed E-state index contributed by atoms with van der Waals surface area (Å²) in [5.74, 6) is -0.0430. The summed E-state index contributed by atoms with van der Waals surface area (Å²) < 4.78 is 42.4. The van der Waals surface area contributed by atoms with E-state index >= 15 is 0 Å². The molecule has 0 radical (unpaired) electrons. The van der Waals surface area contributed by atoms with Gasteiger partial charge >= 0.3 is 12.2 Å². The van der Waals surface area contributed by atoms with Gasteiger partial charge in [0.1, 0.15) is 11.4 Å². The highest BCUT2D eigenvalue weighted by atomic mass is 32.2. The van der Waals surface area contributed by atoms with Crippen LogP contribution < -0.4 is 19.7 Å². The van der Waals surface area contributed by atoms with Crippen LogP contribution in [0, 0.1) is 0 Å². The van der Waals surface area contributed by atoms with Crippen molar-refractivity contribution in [3.8, 4) is 11.5 Å². The van der Waals surface area contributed by atoms with Crippen molar-refractivity contribution in [3.63, 3.8) is 0 Å². The molecule has 47 heavy (non-hydrogen) atoms. The molecule has 1 fully saturated rings. The van der Waals surface area contributed by atoms with Crippen LogP contribution in [-0.2, 0) is 24.8 Å². The lowest BCUT2D eigenvalue weighted by molar-refractivity contribution is -0.119. The second-order valence-corrected chi connectivity index (χ2v) is 14.6. The van der Waals surface area contributed by atoms with Crippen LogP contribution in [0.3, 0.4) is 0 Å². The smallest absolute Gasteiger partial charge is 0.435 e. The Hall–Kier alpha value is -5.18. The second kappa shape index (κ2) is 11.0. The Labute approximate surface area is 270 Å². The van der Waals surface area contributed by atoms with Crippen molar-refractivity contribution >= 4 is 56.2 Å². The van der Waals surface area contributed by atoms with Crippen molar-refractivity contribution in [3.05, 3.63) is 59.8 Å². The van der Waals surface area contributed by atoms with Gasteiger partial charge in [-0.2, -0.15) is 4.68 Å². The first kappa shape index (κ1) is 31.8. The molecule has 2 N–H and O–H groups in total. The lowest BCUT2D eigenvalue weighted by Crippen LogP contribution is -2.36. The minimum absolute atomic E-state index is 0.00309. The quantitative estimate of drug-likeness (QED) is 0.264. The summed E-state index contributed by atoms with van der Waals surface area (Å²) in [5, 5.41) is 17.9. The van der Waals surface area contributed by atoms with Crippen LogP contribution in [0.4, 0.5) is 26.9 Å². The molecule has 1 aliphatic carbocycles. The molecule has 15 heteroatoms. The number of anilines is 3. The Bertz CT molecular complexity index is 2090. The number of benzene rings is 2. The fourth-order valence-corrected chi connectivity index (χ4v) is 6.85. The summed E-state index contributed by atoms with van der Waals surface area (Å²) in [5.41, 5.74) is -0.0671. The highest BCUT2D eigenvalue weighted by Crippen LogP contribution is 2.67. The minimum Gasteiger partial charge on any atom is -0.497 e. The number of pyridine rings is 1. The molecule has 1 saturated carbocycles. The third-order valence-electron chi connectivity index (χ3n) is 8.36. The fraction of sp³-hybridized carbons (Fsp3) is 0.344. The number of sulfone groups is 1. The largest absolute Gasteiger partial charge is 0.497 e. The van der Waals surface area contributed by atoms with E-state index < -0.39 is 44.9 Å². The van der Waals surface area contributed by atoms with Crippen LogP contribution in [-0.4, -0.2) is 72.0 Å². The van der Waals surface area contributed by atoms with Crippen LogP contribution in [0.1, 0.15) is 51.2 Å². The molecule has 0 saturated heterocycles. The Balaban J connectivity index is 1.44. The van der Waals surface area contributed by atoms with Gasteiger partial charge in [0.15, 0.2) is 27.2 Å². The topological polar surface area (TPSA) is 179 Å². The molecule has 4 aromatic rings. The molecular formula is C32H33N5O9S. The van der Waals surface area contributed by atoms with Crippen molar-refractivity contribution < 1.29 is 42.1 Å². The summed E-state index contributed by atoms with van der Waals surface area (Å²) in [6.45, 7) is 6.70. The molecule has 2 aromatic carbocycles. The van der Waals surface area contributed by atoms with E-state index in [1.54, 1.807) is 57.2 Å². The van der Waals surface area contributed by atoms with E-state index in [2.05, 4.69) is 15.4 Å². The summed E-state index contributed by atoms with van der Waals surface area (Å²) in [6, 6.07) is 11.5. The monoisotopic (exact) mass is 663 g/mol. The fourth-order valence-electron chi connectivity index (χ4n) is 6.02. The van der Waals surface area contributed by atoms with Crippen molar-refractivity contribution in [2.45, 2.75) is 55.9 Å². The standard InChI is InChI=1S/C32H33N5O9S/c1-7-47(42,43)19-14-25(45-6)27(33-16-19)34-26-20-10-8-17(12-24(20)37(35-26)30(41)46-31(2,3)4)22-15-32(22)21-13-18(44-5)9-11-23(21)36(28(32)38)29(39)40/h8-14,16,22H,7,15H2,1-6H3,(H,39,40)(H,33,34,35)/t22-,32-/m0/s1. The molecule has 2 amide bonds. The maximum Gasteiger partial charge on any atom is 0.435 e. The first-order valence-electron chi connectivity index (χ1n) is 14.7. The Morgan fingerprint density at radius 1 is 1.09 bits per heavy atom. The first-order chi connectivity index (χ1) is 22.1. The van der Waals surface area contributed by atoms with Gasteiger partial charge in [-0.25, -0.2) is 27.9 Å². The maximum atomic E-state index is 13.7. The minimum atomic E-state index is -3.55. The molecule has 0 bridgehead atoms. The van der Waals surface area contributed by atoms with Gasteiger partial charge in [0.25, 0.3) is 0 Å². The number of hydrogen-bond donors (Lipinski definition) is 2. The van der Waals surface area contributed by atoms with Gasteiger partial charge in [-0.3, -0.25) is 4.79 Å². The zero-order valence-corrected chi connectivity index (χ0v) is 27.3. The molecule has 2 atom stereocenters. The zero-order valence-electron chi connectivity index (χ0n) is 26.5. The molecule has 6 rings (SSSR count). The van der Waals surface area contributed by atoms with Gasteiger partial charge in [0.2, 0.25) is 5.91 Å². The predicted octanol–water partition coefficient (Wildman–Crippen LogP) is 5.22. The van der Waals surface area contributed by atoms with Crippen LogP contribution >= 0.6 is 0 Å². The number of methoxy groups -OCH3 is 2. The van der Waals surface area contributed by atoms with Crippen LogP contribution in [0.2, 0.25) is 0 Å². The van der Waals surface area contributed by atoms with Gasteiger partial charge in [-0.1, -0.05) is 13.0 Å².